The second-order valence-electron chi connectivity index (χ2n) is 10.7. The lowest BCUT2D eigenvalue weighted by Gasteiger charge is -2.30. The molecule has 0 saturated heterocycles. The van der Waals surface area contributed by atoms with Crippen LogP contribution in [0.25, 0.3) is 11.0 Å². The van der Waals surface area contributed by atoms with Gasteiger partial charge in [-0.25, -0.2) is 4.68 Å². The summed E-state index contributed by atoms with van der Waals surface area (Å²) in [7, 11) is 1.87. The third kappa shape index (κ3) is 4.35. The average Bonchev–Trinajstić information content (AvgIpc) is 3.45. The van der Waals surface area contributed by atoms with Crippen molar-refractivity contribution >= 4 is 17.0 Å². The van der Waals surface area contributed by atoms with Gasteiger partial charge in [-0.1, -0.05) is 54.6 Å². The van der Waals surface area contributed by atoms with Crippen LogP contribution in [-0.4, -0.2) is 43.6 Å². The highest BCUT2D eigenvalue weighted by Crippen LogP contribution is 2.42. The van der Waals surface area contributed by atoms with Crippen molar-refractivity contribution < 1.29 is 14.6 Å². The first kappa shape index (κ1) is 24.6. The summed E-state index contributed by atoms with van der Waals surface area (Å²) in [6.07, 6.45) is 3.22. The predicted molar refractivity (Wildman–Crippen MR) is 146 cm³/mol. The first-order chi connectivity index (χ1) is 18.4. The summed E-state index contributed by atoms with van der Waals surface area (Å²) in [5.41, 5.74) is 8.72. The van der Waals surface area contributed by atoms with Crippen molar-refractivity contribution in [1.29, 1.82) is 0 Å². The molecule has 1 aromatic heterocycles. The van der Waals surface area contributed by atoms with Gasteiger partial charge in [0.25, 0.3) is 0 Å². The standard InChI is InChI=1S/C31H34N4O3/c1-4-23-18-35(17-22-7-5-6-8-29(22)38-23)27-13-11-20-9-10-21(15-26(20)27)25(16-30(36)37)24-12-14-28-31(19(24)2)32-33-34(28)3/h5-10,12,14-15,23,25,27H,4,11,13,16-18H2,1-3H3,(H,36,37). The summed E-state index contributed by atoms with van der Waals surface area (Å²) in [5.74, 6) is -0.0787. The normalized spacial score (nSPS) is 20.0. The number of nitrogens with zero attached hydrogens (tertiary/aromatic N) is 4. The fourth-order valence-corrected chi connectivity index (χ4v) is 6.36. The molecule has 1 aliphatic heterocycles. The molecular weight excluding hydrogens is 476 g/mol. The number of carboxylic acid groups (broad SMARTS) is 1. The minimum Gasteiger partial charge on any atom is -0.489 e. The van der Waals surface area contributed by atoms with E-state index in [9.17, 15) is 9.90 Å². The quantitative estimate of drug-likeness (QED) is 0.367. The Hall–Kier alpha value is -3.71. The Balaban J connectivity index is 1.39. The maximum Gasteiger partial charge on any atom is 0.304 e. The van der Waals surface area contributed by atoms with E-state index in [0.29, 0.717) is 0 Å². The summed E-state index contributed by atoms with van der Waals surface area (Å²) in [5, 5.41) is 18.4. The molecule has 4 aromatic rings. The number of aryl methyl sites for hydroxylation is 3. The summed E-state index contributed by atoms with van der Waals surface area (Å²) < 4.78 is 8.13. The van der Waals surface area contributed by atoms with E-state index >= 15 is 0 Å². The fourth-order valence-electron chi connectivity index (χ4n) is 6.36. The summed E-state index contributed by atoms with van der Waals surface area (Å²) >= 11 is 0. The maximum atomic E-state index is 12.1. The topological polar surface area (TPSA) is 80.5 Å². The van der Waals surface area contributed by atoms with E-state index in [1.54, 1.807) is 4.68 Å². The molecule has 3 atom stereocenters. The summed E-state index contributed by atoms with van der Waals surface area (Å²) in [6.45, 7) is 5.93. The third-order valence-electron chi connectivity index (χ3n) is 8.43. The van der Waals surface area contributed by atoms with E-state index in [4.69, 9.17) is 4.74 Å². The maximum absolute atomic E-state index is 12.1. The molecule has 7 heteroatoms. The number of fused-ring (bicyclic) bond motifs is 3. The van der Waals surface area contributed by atoms with Crippen molar-refractivity contribution in [2.45, 2.75) is 64.1 Å². The molecule has 0 saturated carbocycles. The lowest BCUT2D eigenvalue weighted by atomic mass is 9.84. The minimum absolute atomic E-state index is 0.0267. The van der Waals surface area contributed by atoms with Gasteiger partial charge in [-0.15, -0.1) is 5.10 Å². The van der Waals surface area contributed by atoms with E-state index in [1.165, 1.54) is 16.7 Å². The minimum atomic E-state index is -0.808. The van der Waals surface area contributed by atoms with Gasteiger partial charge in [0.1, 0.15) is 17.4 Å². The van der Waals surface area contributed by atoms with Crippen molar-refractivity contribution in [2.75, 3.05) is 6.54 Å². The Morgan fingerprint density at radius 2 is 2.00 bits per heavy atom. The van der Waals surface area contributed by atoms with Crippen molar-refractivity contribution in [3.05, 3.63) is 88.0 Å². The van der Waals surface area contributed by atoms with Crippen molar-refractivity contribution in [2.24, 2.45) is 7.05 Å². The zero-order valence-corrected chi connectivity index (χ0v) is 22.2. The van der Waals surface area contributed by atoms with E-state index in [-0.39, 0.29) is 24.5 Å². The van der Waals surface area contributed by atoms with Gasteiger partial charge in [0.15, 0.2) is 0 Å². The summed E-state index contributed by atoms with van der Waals surface area (Å²) in [6, 6.07) is 19.3. The van der Waals surface area contributed by atoms with Crippen LogP contribution in [0.3, 0.4) is 0 Å². The lowest BCUT2D eigenvalue weighted by molar-refractivity contribution is -0.137. The average molecular weight is 511 g/mol. The number of carbonyl (C=O) groups is 1. The zero-order valence-electron chi connectivity index (χ0n) is 22.2. The Morgan fingerprint density at radius 3 is 2.82 bits per heavy atom. The number of carboxylic acids is 1. The van der Waals surface area contributed by atoms with E-state index in [1.807, 2.05) is 32.2 Å². The molecule has 3 aromatic carbocycles. The molecule has 0 amide bonds. The highest BCUT2D eigenvalue weighted by Gasteiger charge is 2.33. The number of rotatable bonds is 6. The number of aromatic nitrogens is 3. The lowest BCUT2D eigenvalue weighted by Crippen LogP contribution is -2.34. The Bertz CT molecular complexity index is 1510. The second kappa shape index (κ2) is 9.87. The molecule has 0 fully saturated rings. The van der Waals surface area contributed by atoms with Crippen LogP contribution >= 0.6 is 0 Å². The molecule has 0 radical (unpaired) electrons. The van der Waals surface area contributed by atoms with Gasteiger partial charge in [0, 0.05) is 37.7 Å². The first-order valence-corrected chi connectivity index (χ1v) is 13.5. The zero-order chi connectivity index (χ0) is 26.4. The van der Waals surface area contributed by atoms with Gasteiger partial charge in [0.05, 0.1) is 11.9 Å². The van der Waals surface area contributed by atoms with Crippen LogP contribution in [0.1, 0.15) is 71.5 Å². The number of hydrogen-bond acceptors (Lipinski definition) is 5. The van der Waals surface area contributed by atoms with Crippen LogP contribution in [0, 0.1) is 6.92 Å². The number of aliphatic carboxylic acids is 1. The van der Waals surface area contributed by atoms with E-state index in [2.05, 4.69) is 58.5 Å². The second-order valence-corrected chi connectivity index (χ2v) is 10.7. The molecule has 2 heterocycles. The molecule has 196 valence electrons. The highest BCUT2D eigenvalue weighted by molar-refractivity contribution is 5.80. The third-order valence-corrected chi connectivity index (χ3v) is 8.43. The van der Waals surface area contributed by atoms with Crippen LogP contribution in [-0.2, 0) is 24.8 Å². The Labute approximate surface area is 223 Å². The number of para-hydroxylation sites is 1. The molecule has 0 spiro atoms. The van der Waals surface area contributed by atoms with Crippen molar-refractivity contribution in [3.8, 4) is 5.75 Å². The van der Waals surface area contributed by atoms with E-state index in [0.717, 1.165) is 65.8 Å². The molecule has 3 unspecified atom stereocenters. The molecule has 2 aliphatic rings. The van der Waals surface area contributed by atoms with Crippen LogP contribution in [0.15, 0.2) is 54.6 Å². The Kier molecular flexibility index (Phi) is 6.40. The van der Waals surface area contributed by atoms with Crippen molar-refractivity contribution in [1.82, 2.24) is 19.9 Å². The first-order valence-electron chi connectivity index (χ1n) is 13.5. The smallest absolute Gasteiger partial charge is 0.304 e. The molecule has 0 bridgehead atoms. The monoisotopic (exact) mass is 510 g/mol. The highest BCUT2D eigenvalue weighted by atomic mass is 16.5. The van der Waals surface area contributed by atoms with Gasteiger partial charge >= 0.3 is 5.97 Å². The van der Waals surface area contributed by atoms with Gasteiger partial charge in [0.2, 0.25) is 0 Å². The van der Waals surface area contributed by atoms with Gasteiger partial charge < -0.3 is 9.84 Å². The fraction of sp³-hybridized carbons (Fsp3) is 0.387. The van der Waals surface area contributed by atoms with E-state index < -0.39 is 5.97 Å². The SMILES string of the molecule is CCC1CN(C2CCc3ccc(C(CC(=O)O)c4ccc5c(nnn5C)c4C)cc32)Cc2ccccc2O1. The number of ether oxygens (including phenoxy) is 1. The van der Waals surface area contributed by atoms with Crippen molar-refractivity contribution in [3.63, 3.8) is 0 Å². The van der Waals surface area contributed by atoms with Gasteiger partial charge in [-0.3, -0.25) is 9.69 Å². The molecular formula is C31H34N4O3. The summed E-state index contributed by atoms with van der Waals surface area (Å²) in [4.78, 5) is 14.6. The van der Waals surface area contributed by atoms with Gasteiger partial charge in [-0.2, -0.15) is 0 Å². The molecule has 1 N–H and O–H groups in total. The number of hydrogen-bond donors (Lipinski definition) is 1. The number of benzene rings is 3. The van der Waals surface area contributed by atoms with Crippen LogP contribution in [0.5, 0.6) is 5.75 Å². The van der Waals surface area contributed by atoms with Crippen LogP contribution in [0.4, 0.5) is 0 Å². The van der Waals surface area contributed by atoms with Gasteiger partial charge in [-0.05, 0) is 66.1 Å². The Morgan fingerprint density at radius 1 is 1.16 bits per heavy atom. The molecule has 38 heavy (non-hydrogen) atoms. The molecule has 6 rings (SSSR count). The largest absolute Gasteiger partial charge is 0.489 e. The predicted octanol–water partition coefficient (Wildman–Crippen LogP) is 5.54. The van der Waals surface area contributed by atoms with Crippen LogP contribution < -0.4 is 4.74 Å². The molecule has 7 nitrogen and oxygen atoms in total. The van der Waals surface area contributed by atoms with Crippen LogP contribution in [0.2, 0.25) is 0 Å². The molecule has 1 aliphatic carbocycles.